The van der Waals surface area contributed by atoms with Crippen LogP contribution < -0.4 is 4.90 Å². The Morgan fingerprint density at radius 3 is 1.65 bits per heavy atom. The van der Waals surface area contributed by atoms with Crippen LogP contribution in [-0.2, 0) is 5.41 Å². The highest BCUT2D eigenvalue weighted by molar-refractivity contribution is 6.08. The number of anilines is 3. The van der Waals surface area contributed by atoms with Crippen LogP contribution in [0.3, 0.4) is 0 Å². The second-order valence-electron chi connectivity index (χ2n) is 13.7. The maximum atomic E-state index is 2.43. The summed E-state index contributed by atoms with van der Waals surface area (Å²) in [6.07, 6.45) is 0. The number of rotatable bonds is 6. The van der Waals surface area contributed by atoms with Gasteiger partial charge in [0, 0.05) is 16.9 Å². The fraction of sp³-hybridized carbons (Fsp3) is 0.0196. The molecule has 52 heavy (non-hydrogen) atoms. The smallest absolute Gasteiger partial charge is 0.0714 e. The van der Waals surface area contributed by atoms with Crippen LogP contribution in [0.5, 0.6) is 0 Å². The van der Waals surface area contributed by atoms with E-state index in [1.807, 2.05) is 0 Å². The van der Waals surface area contributed by atoms with Crippen molar-refractivity contribution in [3.8, 4) is 22.3 Å². The van der Waals surface area contributed by atoms with Crippen molar-refractivity contribution >= 4 is 38.6 Å². The summed E-state index contributed by atoms with van der Waals surface area (Å²) in [5.41, 5.74) is 13.0. The van der Waals surface area contributed by atoms with Crippen molar-refractivity contribution in [2.45, 2.75) is 5.41 Å². The Balaban J connectivity index is 1.15. The van der Waals surface area contributed by atoms with Crippen molar-refractivity contribution in [3.63, 3.8) is 0 Å². The molecule has 0 amide bonds. The van der Waals surface area contributed by atoms with Gasteiger partial charge in [-0.1, -0.05) is 176 Å². The lowest BCUT2D eigenvalue weighted by molar-refractivity contribution is 0.768. The van der Waals surface area contributed by atoms with Gasteiger partial charge >= 0.3 is 0 Å². The van der Waals surface area contributed by atoms with Gasteiger partial charge in [-0.3, -0.25) is 0 Å². The third-order valence-corrected chi connectivity index (χ3v) is 10.9. The number of hydrogen-bond donors (Lipinski definition) is 0. The van der Waals surface area contributed by atoms with Crippen LogP contribution >= 0.6 is 0 Å². The molecule has 9 aromatic rings. The van der Waals surface area contributed by atoms with Crippen molar-refractivity contribution in [2.75, 3.05) is 4.90 Å². The molecule has 0 atom stereocenters. The minimum Gasteiger partial charge on any atom is -0.310 e. The molecule has 0 unspecified atom stereocenters. The van der Waals surface area contributed by atoms with Gasteiger partial charge in [-0.25, -0.2) is 0 Å². The van der Waals surface area contributed by atoms with E-state index in [0.29, 0.717) is 0 Å². The lowest BCUT2D eigenvalue weighted by Gasteiger charge is -2.34. The van der Waals surface area contributed by atoms with Gasteiger partial charge in [0.15, 0.2) is 0 Å². The molecule has 0 heterocycles. The molecule has 0 saturated heterocycles. The molecular formula is C51H35N. The maximum Gasteiger partial charge on any atom is 0.0714 e. The molecule has 1 aliphatic rings. The van der Waals surface area contributed by atoms with Crippen molar-refractivity contribution in [3.05, 3.63) is 235 Å². The Labute approximate surface area is 304 Å². The first-order valence-electron chi connectivity index (χ1n) is 18.0. The lowest BCUT2D eigenvalue weighted by Crippen LogP contribution is -2.28. The average molecular weight is 662 g/mol. The van der Waals surface area contributed by atoms with Gasteiger partial charge in [-0.05, 0) is 96.9 Å². The van der Waals surface area contributed by atoms with Gasteiger partial charge in [0.1, 0.15) is 0 Å². The van der Waals surface area contributed by atoms with E-state index in [-0.39, 0.29) is 0 Å². The largest absolute Gasteiger partial charge is 0.310 e. The molecule has 1 aliphatic carbocycles. The van der Waals surface area contributed by atoms with Gasteiger partial charge in [-0.15, -0.1) is 0 Å². The van der Waals surface area contributed by atoms with Crippen LogP contribution in [0.2, 0.25) is 0 Å². The Morgan fingerprint density at radius 1 is 0.346 bits per heavy atom. The zero-order valence-electron chi connectivity index (χ0n) is 28.7. The van der Waals surface area contributed by atoms with Crippen LogP contribution in [0.4, 0.5) is 17.1 Å². The van der Waals surface area contributed by atoms with Gasteiger partial charge < -0.3 is 4.90 Å². The van der Waals surface area contributed by atoms with E-state index in [0.717, 1.165) is 17.1 Å². The molecular weight excluding hydrogens is 627 g/mol. The third-order valence-electron chi connectivity index (χ3n) is 10.9. The van der Waals surface area contributed by atoms with Gasteiger partial charge in [0.2, 0.25) is 0 Å². The van der Waals surface area contributed by atoms with Crippen LogP contribution in [0.15, 0.2) is 212 Å². The first-order chi connectivity index (χ1) is 25.8. The standard InChI is InChI=1S/C51H35N/c1-4-16-40(17-5-1)51(41-18-6-2-7-19-41)47-24-13-12-23-46(47)50-48(51)25-14-26-49(50)52(42-20-8-3-9-21-42)43-32-29-36(30-33-43)38-31-34-45-39(35-38)28-27-37-15-10-11-22-44(37)45/h1-35H. The number of benzene rings is 9. The van der Waals surface area contributed by atoms with Crippen molar-refractivity contribution < 1.29 is 0 Å². The van der Waals surface area contributed by atoms with Crippen molar-refractivity contribution in [1.29, 1.82) is 0 Å². The molecule has 0 saturated carbocycles. The van der Waals surface area contributed by atoms with E-state index >= 15 is 0 Å². The van der Waals surface area contributed by atoms with Crippen LogP contribution in [-0.4, -0.2) is 0 Å². The van der Waals surface area contributed by atoms with E-state index < -0.39 is 5.41 Å². The normalized spacial score (nSPS) is 12.8. The van der Waals surface area contributed by atoms with E-state index in [9.17, 15) is 0 Å². The number of hydrogen-bond acceptors (Lipinski definition) is 1. The first kappa shape index (κ1) is 30.2. The Hall–Kier alpha value is -6.70. The molecule has 0 radical (unpaired) electrons. The first-order valence-corrected chi connectivity index (χ1v) is 18.0. The highest BCUT2D eigenvalue weighted by atomic mass is 15.1. The summed E-state index contributed by atoms with van der Waals surface area (Å²) < 4.78 is 0. The molecule has 10 rings (SSSR count). The summed E-state index contributed by atoms with van der Waals surface area (Å²) in [7, 11) is 0. The third kappa shape index (κ3) is 4.63. The molecule has 0 aliphatic heterocycles. The van der Waals surface area contributed by atoms with Crippen molar-refractivity contribution in [1.82, 2.24) is 0 Å². The van der Waals surface area contributed by atoms with Crippen LogP contribution in [0.1, 0.15) is 22.3 Å². The molecule has 1 nitrogen and oxygen atoms in total. The zero-order valence-corrected chi connectivity index (χ0v) is 28.7. The predicted octanol–water partition coefficient (Wildman–Crippen LogP) is 13.5. The molecule has 9 aromatic carbocycles. The molecule has 0 fully saturated rings. The SMILES string of the molecule is c1ccc(N(c2ccc(-c3ccc4c(ccc5ccccc54)c3)cc2)c2cccc3c2-c2ccccc2C3(c2ccccc2)c2ccccc2)cc1. The van der Waals surface area contributed by atoms with Crippen LogP contribution in [0.25, 0.3) is 43.8 Å². The average Bonchev–Trinajstić information content (AvgIpc) is 3.54. The minimum atomic E-state index is -0.460. The Bertz CT molecular complexity index is 2670. The second kappa shape index (κ2) is 12.3. The van der Waals surface area contributed by atoms with E-state index in [1.54, 1.807) is 0 Å². The highest BCUT2D eigenvalue weighted by Crippen LogP contribution is 2.59. The van der Waals surface area contributed by atoms with Gasteiger partial charge in [0.05, 0.1) is 11.1 Å². The second-order valence-corrected chi connectivity index (χ2v) is 13.7. The summed E-state index contributed by atoms with van der Waals surface area (Å²) in [5.74, 6) is 0. The molecule has 0 bridgehead atoms. The zero-order chi connectivity index (χ0) is 34.5. The number of fused-ring (bicyclic) bond motifs is 6. The summed E-state index contributed by atoms with van der Waals surface area (Å²) >= 11 is 0. The molecule has 0 N–H and O–H groups in total. The predicted molar refractivity (Wildman–Crippen MR) is 219 cm³/mol. The molecule has 0 aromatic heterocycles. The lowest BCUT2D eigenvalue weighted by atomic mass is 9.68. The minimum absolute atomic E-state index is 0.460. The topological polar surface area (TPSA) is 3.24 Å². The summed E-state index contributed by atoms with van der Waals surface area (Å²) in [6, 6.07) is 77.7. The van der Waals surface area contributed by atoms with E-state index in [1.165, 1.54) is 66.1 Å². The Morgan fingerprint density at radius 2 is 0.904 bits per heavy atom. The molecule has 244 valence electrons. The summed E-state index contributed by atoms with van der Waals surface area (Å²) in [5, 5.41) is 5.10. The molecule has 1 heteroatoms. The summed E-state index contributed by atoms with van der Waals surface area (Å²) in [4.78, 5) is 2.43. The molecule has 0 spiro atoms. The van der Waals surface area contributed by atoms with Crippen LogP contribution in [0, 0.1) is 0 Å². The fourth-order valence-electron chi connectivity index (χ4n) is 8.66. The van der Waals surface area contributed by atoms with Gasteiger partial charge in [0.25, 0.3) is 0 Å². The fourth-order valence-corrected chi connectivity index (χ4v) is 8.66. The van der Waals surface area contributed by atoms with E-state index in [2.05, 4.69) is 217 Å². The quantitative estimate of drug-likeness (QED) is 0.160. The number of para-hydroxylation sites is 1. The van der Waals surface area contributed by atoms with Crippen molar-refractivity contribution in [2.24, 2.45) is 0 Å². The van der Waals surface area contributed by atoms with E-state index in [4.69, 9.17) is 0 Å². The highest BCUT2D eigenvalue weighted by Gasteiger charge is 2.47. The number of nitrogens with zero attached hydrogens (tertiary/aromatic N) is 1. The summed E-state index contributed by atoms with van der Waals surface area (Å²) in [6.45, 7) is 0. The Kier molecular flexibility index (Phi) is 7.11. The maximum absolute atomic E-state index is 2.43. The van der Waals surface area contributed by atoms with Gasteiger partial charge in [-0.2, -0.15) is 0 Å². The monoisotopic (exact) mass is 661 g/mol.